The molecule has 35 heavy (non-hydrogen) atoms. The number of rotatable bonds is 21. The van der Waals surface area contributed by atoms with E-state index in [2.05, 4.69) is 0 Å². The summed E-state index contributed by atoms with van der Waals surface area (Å²) in [5.41, 5.74) is -0.731. The zero-order valence-electron chi connectivity index (χ0n) is 19.1. The number of aliphatic hydroxyl groups is 3. The number of ether oxygens (including phenoxy) is 4. The van der Waals surface area contributed by atoms with E-state index in [-0.39, 0.29) is 87.0 Å². The van der Waals surface area contributed by atoms with Gasteiger partial charge in [-0.2, -0.15) is 0 Å². The maximum absolute atomic E-state index is 12.0. The highest BCUT2D eigenvalue weighted by atomic mass is 16.7. The second-order valence-corrected chi connectivity index (χ2v) is 7.74. The molecule has 12 nitrogen and oxygen atoms in total. The summed E-state index contributed by atoms with van der Waals surface area (Å²) in [5.74, 6) is -1.86. The summed E-state index contributed by atoms with van der Waals surface area (Å²) in [7, 11) is 0. The zero-order chi connectivity index (χ0) is 24.4. The molecule has 1 rings (SSSR count). The van der Waals surface area contributed by atoms with E-state index >= 15 is 0 Å². The summed E-state index contributed by atoms with van der Waals surface area (Å²) in [6.07, 6.45) is 1.27. The largest absolute Gasteiger partial charge is 0.396 e. The van der Waals surface area contributed by atoms with Gasteiger partial charge in [0.25, 0.3) is 11.8 Å². The van der Waals surface area contributed by atoms with Crippen molar-refractivity contribution in [3.8, 4) is 0 Å². The van der Waals surface area contributed by atoms with Gasteiger partial charge >= 0.3 is 5.97 Å². The fourth-order valence-corrected chi connectivity index (χ4v) is 2.87. The Morgan fingerprint density at radius 2 is 1.09 bits per heavy atom. The van der Waals surface area contributed by atoms with Gasteiger partial charge in [0.15, 0.2) is 0 Å². The van der Waals surface area contributed by atoms with Crippen LogP contribution in [0, 0.1) is 5.41 Å². The summed E-state index contributed by atoms with van der Waals surface area (Å²) in [5, 5.41) is 27.4. The van der Waals surface area contributed by atoms with Gasteiger partial charge < -0.3 is 39.1 Å². The zero-order valence-corrected chi connectivity index (χ0v) is 19.1. The van der Waals surface area contributed by atoms with Gasteiger partial charge in [0.1, 0.15) is 0 Å². The Balaban J connectivity index is 0. The highest BCUT2D eigenvalue weighted by Crippen LogP contribution is 2.21. The summed E-state index contributed by atoms with van der Waals surface area (Å²) >= 11 is 0. The molecule has 0 spiro atoms. The maximum atomic E-state index is 12.0. The van der Waals surface area contributed by atoms with E-state index in [9.17, 15) is 14.4 Å². The number of hydroxylamine groups is 2. The van der Waals surface area contributed by atoms with Crippen molar-refractivity contribution < 1.29 is 53.5 Å². The highest BCUT2D eigenvalue weighted by molar-refractivity contribution is 6.01. The molecule has 1 aliphatic heterocycles. The van der Waals surface area contributed by atoms with E-state index < -0.39 is 23.2 Å². The molecule has 0 aliphatic carbocycles. The number of aliphatic hydroxyl groups excluding tert-OH is 3. The number of carbonyl (C=O) groups excluding carboxylic acids is 3. The van der Waals surface area contributed by atoms with Crippen LogP contribution in [0.3, 0.4) is 0 Å². The quantitative estimate of drug-likeness (QED) is 0.145. The Hall–Kier alpha value is -1.67. The Kier molecular flexibility index (Phi) is 21.9. The van der Waals surface area contributed by atoms with Gasteiger partial charge in [-0.05, 0) is 19.3 Å². The molecule has 12 heteroatoms. The number of amides is 2. The summed E-state index contributed by atoms with van der Waals surface area (Å²) in [6, 6.07) is 0. The molecule has 1 heterocycles. The van der Waals surface area contributed by atoms with Crippen molar-refractivity contribution in [2.75, 3.05) is 72.7 Å². The lowest BCUT2D eigenvalue weighted by molar-refractivity contribution is -0.198. The number of hydrogen-bond donors (Lipinski definition) is 3. The van der Waals surface area contributed by atoms with Crippen molar-refractivity contribution in [3.63, 3.8) is 0 Å². The van der Waals surface area contributed by atoms with Crippen LogP contribution in [0.25, 0.3) is 0 Å². The molecule has 0 atom stereocenters. The fourth-order valence-electron chi connectivity index (χ4n) is 2.87. The predicted octanol–water partition coefficient (Wildman–Crippen LogP) is 0.456. The van der Waals surface area contributed by atoms with Gasteiger partial charge in [0.05, 0.1) is 44.9 Å². The minimum atomic E-state index is -0.762. The molecule has 208 valence electrons. The first-order valence-corrected chi connectivity index (χ1v) is 11.2. The van der Waals surface area contributed by atoms with Crippen LogP contribution >= 0.6 is 0 Å². The molecule has 0 radical (unpaired) electrons. The molecule has 0 aromatic heterocycles. The third-order valence-corrected chi connectivity index (χ3v) is 4.62. The monoisotopic (exact) mass is 511 g/mol. The minimum absolute atomic E-state index is 0. The number of imide groups is 1. The average Bonchev–Trinajstić information content (AvgIpc) is 3.12. The molecule has 1 fully saturated rings. The molecule has 0 aromatic carbocycles. The van der Waals surface area contributed by atoms with E-state index in [1.807, 2.05) is 0 Å². The lowest BCUT2D eigenvalue weighted by atomic mass is 9.92. The van der Waals surface area contributed by atoms with E-state index in [1.54, 1.807) is 0 Å². The molecular weight excluding hydrogens is 466 g/mol. The first-order valence-electron chi connectivity index (χ1n) is 11.2. The van der Waals surface area contributed by atoms with Gasteiger partial charge in [-0.1, -0.05) is 14.9 Å². The van der Waals surface area contributed by atoms with E-state index in [4.69, 9.17) is 39.1 Å². The smallest absolute Gasteiger partial charge is 0.335 e. The SMILES string of the molecule is C.C.O=C(CCOCC(COCCCO)(COCCCO)COCCCO)ON1C(=O)CCC1=O. The number of nitrogens with zero attached hydrogens (tertiary/aromatic N) is 1. The van der Waals surface area contributed by atoms with Crippen molar-refractivity contribution in [3.05, 3.63) is 0 Å². The summed E-state index contributed by atoms with van der Waals surface area (Å²) < 4.78 is 22.7. The number of carbonyl (C=O) groups is 3. The van der Waals surface area contributed by atoms with E-state index in [0.717, 1.165) is 0 Å². The third-order valence-electron chi connectivity index (χ3n) is 4.62. The molecule has 0 bridgehead atoms. The van der Waals surface area contributed by atoms with Gasteiger partial charge in [-0.15, -0.1) is 5.06 Å². The lowest BCUT2D eigenvalue weighted by Crippen LogP contribution is -2.42. The molecule has 1 aliphatic rings. The van der Waals surface area contributed by atoms with Crippen molar-refractivity contribution >= 4 is 17.8 Å². The van der Waals surface area contributed by atoms with Gasteiger partial charge in [-0.3, -0.25) is 9.59 Å². The number of hydrogen-bond acceptors (Lipinski definition) is 11. The Morgan fingerprint density at radius 3 is 1.46 bits per heavy atom. The van der Waals surface area contributed by atoms with Crippen molar-refractivity contribution in [1.29, 1.82) is 0 Å². The lowest BCUT2D eigenvalue weighted by Gasteiger charge is -2.33. The van der Waals surface area contributed by atoms with E-state index in [0.29, 0.717) is 44.1 Å². The summed E-state index contributed by atoms with van der Waals surface area (Å²) in [4.78, 5) is 39.8. The molecule has 0 aromatic rings. The Morgan fingerprint density at radius 1 is 0.714 bits per heavy atom. The van der Waals surface area contributed by atoms with Crippen LogP contribution < -0.4 is 0 Å². The van der Waals surface area contributed by atoms with Crippen LogP contribution in [0.4, 0.5) is 0 Å². The average molecular weight is 512 g/mol. The first-order chi connectivity index (χ1) is 16.0. The molecule has 0 saturated carbocycles. The highest BCUT2D eigenvalue weighted by Gasteiger charge is 2.34. The van der Waals surface area contributed by atoms with E-state index in [1.165, 1.54) is 0 Å². The van der Waals surface area contributed by atoms with Crippen molar-refractivity contribution in [2.45, 2.75) is 53.4 Å². The molecule has 2 amide bonds. The van der Waals surface area contributed by atoms with Crippen molar-refractivity contribution in [1.82, 2.24) is 5.06 Å². The predicted molar refractivity (Wildman–Crippen MR) is 126 cm³/mol. The van der Waals surface area contributed by atoms with Crippen LogP contribution in [-0.4, -0.2) is 111 Å². The normalized spacial score (nSPS) is 13.5. The minimum Gasteiger partial charge on any atom is -0.396 e. The molecule has 3 N–H and O–H groups in total. The molecule has 0 unspecified atom stereocenters. The van der Waals surface area contributed by atoms with Crippen LogP contribution in [0.2, 0.25) is 0 Å². The molecule has 1 saturated heterocycles. The van der Waals surface area contributed by atoms with Crippen LogP contribution in [0.5, 0.6) is 0 Å². The second-order valence-electron chi connectivity index (χ2n) is 7.74. The summed E-state index contributed by atoms with van der Waals surface area (Å²) in [6.45, 7) is 1.65. The third kappa shape index (κ3) is 15.1. The second kappa shape index (κ2) is 21.6. The Bertz CT molecular complexity index is 526. The van der Waals surface area contributed by atoms with Gasteiger partial charge in [0.2, 0.25) is 0 Å². The van der Waals surface area contributed by atoms with Gasteiger partial charge in [0, 0.05) is 52.5 Å². The topological polar surface area (TPSA) is 161 Å². The molecular formula is C23H45NO11. The first kappa shape index (κ1) is 35.5. The van der Waals surface area contributed by atoms with Crippen LogP contribution in [0.15, 0.2) is 0 Å². The standard InChI is InChI=1S/C21H37NO11.2CH4/c23-7-1-10-29-14-21(15-30-11-2-8-24,16-31-12-3-9-25)17-32-13-6-20(28)33-22-18(26)4-5-19(22)27;;/h23-25H,1-17H2;2*1H4. The maximum Gasteiger partial charge on any atom is 0.335 e. The van der Waals surface area contributed by atoms with Crippen molar-refractivity contribution in [2.24, 2.45) is 5.41 Å². The Labute approximate surface area is 208 Å². The van der Waals surface area contributed by atoms with Crippen LogP contribution in [-0.2, 0) is 38.2 Å². The fraction of sp³-hybridized carbons (Fsp3) is 0.870. The van der Waals surface area contributed by atoms with Gasteiger partial charge in [-0.25, -0.2) is 4.79 Å². The van der Waals surface area contributed by atoms with Crippen LogP contribution in [0.1, 0.15) is 53.4 Å².